The Hall–Kier alpha value is -3.12. The molecule has 0 bridgehead atoms. The SMILES string of the molecule is N[C@@](Cc1c[nH]c2ccccc12)(C(=O)O)C(=O)OCc1ccccc1. The van der Waals surface area contributed by atoms with Crippen molar-refractivity contribution in [3.05, 3.63) is 71.9 Å². The van der Waals surface area contributed by atoms with Gasteiger partial charge in [-0.3, -0.25) is 0 Å². The van der Waals surface area contributed by atoms with Crippen molar-refractivity contribution in [1.82, 2.24) is 4.98 Å². The van der Waals surface area contributed by atoms with E-state index in [1.54, 1.807) is 18.3 Å². The van der Waals surface area contributed by atoms with Crippen LogP contribution in [0.3, 0.4) is 0 Å². The first kappa shape index (κ1) is 16.7. The van der Waals surface area contributed by atoms with Gasteiger partial charge in [-0.05, 0) is 17.2 Å². The topological polar surface area (TPSA) is 105 Å². The Morgan fingerprint density at radius 1 is 1.08 bits per heavy atom. The van der Waals surface area contributed by atoms with Gasteiger partial charge in [-0.25, -0.2) is 9.59 Å². The highest BCUT2D eigenvalue weighted by atomic mass is 16.5. The number of fused-ring (bicyclic) bond motifs is 1. The maximum Gasteiger partial charge on any atom is 0.338 e. The van der Waals surface area contributed by atoms with E-state index in [0.717, 1.165) is 16.5 Å². The summed E-state index contributed by atoms with van der Waals surface area (Å²) in [6, 6.07) is 16.4. The Morgan fingerprint density at radius 3 is 2.48 bits per heavy atom. The largest absolute Gasteiger partial charge is 0.479 e. The maximum atomic E-state index is 12.4. The molecule has 0 aliphatic heterocycles. The highest BCUT2D eigenvalue weighted by Crippen LogP contribution is 2.23. The maximum absolute atomic E-state index is 12.4. The van der Waals surface area contributed by atoms with Crippen LogP contribution in [0.1, 0.15) is 11.1 Å². The van der Waals surface area contributed by atoms with Gasteiger partial charge in [0.2, 0.25) is 5.54 Å². The van der Waals surface area contributed by atoms with Gasteiger partial charge in [0, 0.05) is 23.5 Å². The fourth-order valence-electron chi connectivity index (χ4n) is 2.67. The first-order valence-corrected chi connectivity index (χ1v) is 7.79. The number of nitrogens with one attached hydrogen (secondary N) is 1. The number of carbonyl (C=O) groups is 2. The van der Waals surface area contributed by atoms with Crippen molar-refractivity contribution in [2.75, 3.05) is 0 Å². The second-order valence-corrected chi connectivity index (χ2v) is 5.87. The van der Waals surface area contributed by atoms with Crippen molar-refractivity contribution in [3.8, 4) is 0 Å². The van der Waals surface area contributed by atoms with Crippen LogP contribution in [-0.2, 0) is 27.4 Å². The molecule has 0 radical (unpaired) electrons. The Bertz CT molecular complexity index is 904. The van der Waals surface area contributed by atoms with Crippen molar-refractivity contribution in [1.29, 1.82) is 0 Å². The van der Waals surface area contributed by atoms with Crippen LogP contribution in [0.2, 0.25) is 0 Å². The molecule has 1 aromatic heterocycles. The van der Waals surface area contributed by atoms with Crippen molar-refractivity contribution >= 4 is 22.8 Å². The van der Waals surface area contributed by atoms with Gasteiger partial charge in [0.25, 0.3) is 0 Å². The molecule has 0 spiro atoms. The number of nitrogens with two attached hydrogens (primary N) is 1. The van der Waals surface area contributed by atoms with E-state index in [1.807, 2.05) is 42.5 Å². The lowest BCUT2D eigenvalue weighted by Gasteiger charge is -2.22. The fraction of sp³-hybridized carbons (Fsp3) is 0.158. The summed E-state index contributed by atoms with van der Waals surface area (Å²) in [5.41, 5.74) is 6.05. The zero-order valence-electron chi connectivity index (χ0n) is 13.4. The number of carboxylic acids is 1. The van der Waals surface area contributed by atoms with Crippen LogP contribution in [0.5, 0.6) is 0 Å². The summed E-state index contributed by atoms with van der Waals surface area (Å²) in [5.74, 6) is -2.38. The van der Waals surface area contributed by atoms with E-state index in [-0.39, 0.29) is 13.0 Å². The molecule has 0 unspecified atom stereocenters. The van der Waals surface area contributed by atoms with Crippen molar-refractivity contribution in [2.24, 2.45) is 5.73 Å². The van der Waals surface area contributed by atoms with Gasteiger partial charge in [-0.2, -0.15) is 0 Å². The van der Waals surface area contributed by atoms with Crippen molar-refractivity contribution in [3.63, 3.8) is 0 Å². The average molecular weight is 338 g/mol. The van der Waals surface area contributed by atoms with Crippen LogP contribution in [0.4, 0.5) is 0 Å². The molecule has 2 aromatic carbocycles. The van der Waals surface area contributed by atoms with E-state index in [4.69, 9.17) is 10.5 Å². The van der Waals surface area contributed by atoms with Gasteiger partial charge in [-0.15, -0.1) is 0 Å². The molecule has 3 rings (SSSR count). The van der Waals surface area contributed by atoms with Gasteiger partial charge in [-0.1, -0.05) is 48.5 Å². The summed E-state index contributed by atoms with van der Waals surface area (Å²) < 4.78 is 5.16. The Balaban J connectivity index is 1.80. The van der Waals surface area contributed by atoms with Crippen molar-refractivity contribution < 1.29 is 19.4 Å². The number of benzene rings is 2. The minimum Gasteiger partial charge on any atom is -0.479 e. The zero-order chi connectivity index (χ0) is 17.9. The van der Waals surface area contributed by atoms with Crippen LogP contribution in [0.15, 0.2) is 60.8 Å². The monoisotopic (exact) mass is 338 g/mol. The van der Waals surface area contributed by atoms with E-state index in [2.05, 4.69) is 4.98 Å². The molecule has 0 amide bonds. The lowest BCUT2D eigenvalue weighted by atomic mass is 9.91. The summed E-state index contributed by atoms with van der Waals surface area (Å²) in [4.78, 5) is 27.1. The van der Waals surface area contributed by atoms with E-state index in [1.165, 1.54) is 0 Å². The normalized spacial score (nSPS) is 13.3. The molecule has 0 saturated carbocycles. The lowest BCUT2D eigenvalue weighted by Crippen LogP contribution is -2.57. The highest BCUT2D eigenvalue weighted by molar-refractivity contribution is 6.04. The first-order valence-electron chi connectivity index (χ1n) is 7.79. The molecule has 0 fully saturated rings. The number of esters is 1. The fourth-order valence-corrected chi connectivity index (χ4v) is 2.67. The second kappa shape index (κ2) is 6.78. The number of aromatic amines is 1. The predicted molar refractivity (Wildman–Crippen MR) is 92.8 cm³/mol. The molecule has 0 aliphatic carbocycles. The van der Waals surface area contributed by atoms with Crippen LogP contribution >= 0.6 is 0 Å². The first-order chi connectivity index (χ1) is 12.0. The summed E-state index contributed by atoms with van der Waals surface area (Å²) in [7, 11) is 0. The molecule has 1 atom stereocenters. The lowest BCUT2D eigenvalue weighted by molar-refractivity contribution is -0.161. The van der Waals surface area contributed by atoms with E-state index < -0.39 is 17.5 Å². The quantitative estimate of drug-likeness (QED) is 0.472. The van der Waals surface area contributed by atoms with Crippen molar-refractivity contribution in [2.45, 2.75) is 18.6 Å². The third-order valence-corrected chi connectivity index (χ3v) is 4.10. The number of carboxylic acid groups (broad SMARTS) is 1. The third-order valence-electron chi connectivity index (χ3n) is 4.10. The summed E-state index contributed by atoms with van der Waals surface area (Å²) in [6.45, 7) is -0.0280. The summed E-state index contributed by atoms with van der Waals surface area (Å²) >= 11 is 0. The highest BCUT2D eigenvalue weighted by Gasteiger charge is 2.44. The predicted octanol–water partition coefficient (Wildman–Crippen LogP) is 2.24. The van der Waals surface area contributed by atoms with Crippen LogP contribution in [0, 0.1) is 0 Å². The standard InChI is InChI=1S/C19H18N2O4/c20-19(17(22)23,18(24)25-12-13-6-2-1-3-7-13)10-14-11-21-16-9-5-4-8-15(14)16/h1-9,11,21H,10,12,20H2,(H,22,23)/t19-/m0/s1. The van der Waals surface area contributed by atoms with Gasteiger partial charge in [0.15, 0.2) is 0 Å². The third kappa shape index (κ3) is 3.39. The number of ether oxygens (including phenoxy) is 1. The van der Waals surface area contributed by atoms with Crippen LogP contribution in [0.25, 0.3) is 10.9 Å². The second-order valence-electron chi connectivity index (χ2n) is 5.87. The average Bonchev–Trinajstić information content (AvgIpc) is 3.03. The van der Waals surface area contributed by atoms with Gasteiger partial charge in [0.05, 0.1) is 0 Å². The van der Waals surface area contributed by atoms with Gasteiger partial charge in [0.1, 0.15) is 6.61 Å². The molecule has 6 nitrogen and oxygen atoms in total. The molecular weight excluding hydrogens is 320 g/mol. The number of aromatic nitrogens is 1. The smallest absolute Gasteiger partial charge is 0.338 e. The number of hydrogen-bond donors (Lipinski definition) is 3. The molecular formula is C19H18N2O4. The molecule has 1 heterocycles. The summed E-state index contributed by atoms with van der Waals surface area (Å²) in [6.07, 6.45) is 1.50. The van der Waals surface area contributed by atoms with Gasteiger partial charge >= 0.3 is 11.9 Å². The molecule has 3 aromatic rings. The zero-order valence-corrected chi connectivity index (χ0v) is 13.4. The number of rotatable bonds is 6. The number of carbonyl (C=O) groups excluding carboxylic acids is 1. The molecule has 4 N–H and O–H groups in total. The Labute approximate surface area is 144 Å². The van der Waals surface area contributed by atoms with E-state index in [0.29, 0.717) is 5.56 Å². The minimum atomic E-state index is -2.15. The minimum absolute atomic E-state index is 0.0280. The number of hydrogen-bond acceptors (Lipinski definition) is 4. The van der Waals surface area contributed by atoms with Crippen LogP contribution in [-0.4, -0.2) is 27.6 Å². The molecule has 0 aliphatic rings. The van der Waals surface area contributed by atoms with E-state index >= 15 is 0 Å². The van der Waals surface area contributed by atoms with Gasteiger partial charge < -0.3 is 20.6 Å². The molecule has 128 valence electrons. The summed E-state index contributed by atoms with van der Waals surface area (Å²) in [5, 5.41) is 10.4. The number of aliphatic carboxylic acids is 1. The molecule has 25 heavy (non-hydrogen) atoms. The molecule has 0 saturated heterocycles. The van der Waals surface area contributed by atoms with E-state index in [9.17, 15) is 14.7 Å². The van der Waals surface area contributed by atoms with Crippen LogP contribution < -0.4 is 5.73 Å². The number of H-pyrrole nitrogens is 1. The molecule has 6 heteroatoms. The number of para-hydroxylation sites is 1. The Morgan fingerprint density at radius 2 is 1.76 bits per heavy atom. The Kier molecular flexibility index (Phi) is 4.54.